The molecule has 0 aromatic heterocycles. The summed E-state index contributed by atoms with van der Waals surface area (Å²) in [5.41, 5.74) is -3.68. The van der Waals surface area contributed by atoms with Crippen molar-refractivity contribution in [1.82, 2.24) is 0 Å². The number of carbonyl (C=O) groups is 1. The topological polar surface area (TPSA) is 95.5 Å². The van der Waals surface area contributed by atoms with Crippen LogP contribution in [0.3, 0.4) is 0 Å². The number of hydrogen-bond donors (Lipinski definition) is 3. The van der Waals surface area contributed by atoms with E-state index in [4.69, 9.17) is 11.6 Å². The Bertz CT molecular complexity index is 1010. The number of hydrogen-bond acceptors (Lipinski definition) is 4. The van der Waals surface area contributed by atoms with E-state index in [0.29, 0.717) is 4.47 Å². The highest BCUT2D eigenvalue weighted by Crippen LogP contribution is 2.33. The Hall–Kier alpha value is -1.82. The first-order chi connectivity index (χ1) is 12.7. The van der Waals surface area contributed by atoms with E-state index in [0.717, 1.165) is 18.2 Å². The minimum absolute atomic E-state index is 0.268. The molecule has 28 heavy (non-hydrogen) atoms. The number of anilines is 2. The van der Waals surface area contributed by atoms with Crippen LogP contribution in [0.5, 0.6) is 0 Å². The predicted octanol–water partition coefficient (Wildman–Crippen LogP) is 4.16. The Kier molecular flexibility index (Phi) is 6.34. The molecular weight excluding hydrogens is 489 g/mol. The van der Waals surface area contributed by atoms with Gasteiger partial charge in [0.15, 0.2) is 0 Å². The van der Waals surface area contributed by atoms with E-state index in [1.54, 1.807) is 12.1 Å². The predicted molar refractivity (Wildman–Crippen MR) is 102 cm³/mol. The summed E-state index contributed by atoms with van der Waals surface area (Å²) in [7, 11) is -4.05. The molecule has 0 saturated carbocycles. The summed E-state index contributed by atoms with van der Waals surface area (Å²) >= 11 is 9.10. The van der Waals surface area contributed by atoms with Gasteiger partial charge in [-0.2, -0.15) is 13.2 Å². The molecule has 1 atom stereocenters. The molecule has 12 heteroatoms. The van der Waals surface area contributed by atoms with Gasteiger partial charge in [0, 0.05) is 10.2 Å². The lowest BCUT2D eigenvalue weighted by atomic mass is 10.1. The Morgan fingerprint density at radius 3 is 2.36 bits per heavy atom. The maximum atomic E-state index is 12.7. The van der Waals surface area contributed by atoms with Crippen LogP contribution in [0.2, 0.25) is 5.02 Å². The first-order valence-corrected chi connectivity index (χ1v) is 10.1. The Balaban J connectivity index is 2.25. The number of halogens is 5. The third-order valence-electron chi connectivity index (χ3n) is 3.57. The van der Waals surface area contributed by atoms with Crippen LogP contribution < -0.4 is 10.0 Å². The van der Waals surface area contributed by atoms with Gasteiger partial charge in [-0.1, -0.05) is 33.6 Å². The van der Waals surface area contributed by atoms with Gasteiger partial charge >= 0.3 is 6.18 Å². The summed E-state index contributed by atoms with van der Waals surface area (Å²) in [5, 5.41) is 10.9. The van der Waals surface area contributed by atoms with E-state index < -0.39 is 27.7 Å². The van der Waals surface area contributed by atoms with E-state index in [9.17, 15) is 31.5 Å². The molecule has 3 N–H and O–H groups in total. The second-order valence-electron chi connectivity index (χ2n) is 5.78. The molecule has 2 aromatic carbocycles. The number of alkyl halides is 3. The molecule has 0 heterocycles. The number of rotatable bonds is 5. The van der Waals surface area contributed by atoms with E-state index >= 15 is 0 Å². The number of nitrogens with one attached hydrogen (secondary N) is 2. The van der Waals surface area contributed by atoms with E-state index in [1.165, 1.54) is 12.1 Å². The van der Waals surface area contributed by atoms with Crippen LogP contribution in [0, 0.1) is 0 Å². The number of amides is 1. The summed E-state index contributed by atoms with van der Waals surface area (Å²) in [4.78, 5) is 11.4. The summed E-state index contributed by atoms with van der Waals surface area (Å²) in [6, 6.07) is 9.36. The molecule has 0 aliphatic carbocycles. The number of benzene rings is 2. The van der Waals surface area contributed by atoms with Gasteiger partial charge in [0.25, 0.3) is 15.9 Å². The fraction of sp³-hybridized carbons (Fsp3) is 0.188. The zero-order valence-electron chi connectivity index (χ0n) is 14.0. The smallest absolute Gasteiger partial charge is 0.373 e. The molecule has 2 aromatic rings. The zero-order valence-corrected chi connectivity index (χ0v) is 17.2. The number of aliphatic hydroxyl groups is 1. The van der Waals surface area contributed by atoms with Gasteiger partial charge in [-0.3, -0.25) is 9.52 Å². The Morgan fingerprint density at radius 1 is 1.18 bits per heavy atom. The molecule has 0 bridgehead atoms. The molecule has 6 nitrogen and oxygen atoms in total. The van der Waals surface area contributed by atoms with Crippen LogP contribution in [0.1, 0.15) is 6.92 Å². The second kappa shape index (κ2) is 7.90. The fourth-order valence-corrected chi connectivity index (χ4v) is 3.67. The highest BCUT2D eigenvalue weighted by Gasteiger charge is 2.55. The van der Waals surface area contributed by atoms with Crippen molar-refractivity contribution in [3.8, 4) is 0 Å². The van der Waals surface area contributed by atoms with Crippen molar-refractivity contribution in [2.24, 2.45) is 0 Å². The number of carbonyl (C=O) groups excluding carboxylic acids is 1. The standard InChI is InChI=1S/C16H13BrClF3N2O4S/c1-15(25,16(19,20)21)14(24)22-13-6-5-11(8-12(13)18)28(26,27)23-10-4-2-3-9(17)7-10/h2-8,23,25H,1H3,(H,22,24). The van der Waals surface area contributed by atoms with Gasteiger partial charge in [0.05, 0.1) is 15.6 Å². The minimum atomic E-state index is -5.21. The molecule has 0 fully saturated rings. The largest absolute Gasteiger partial charge is 0.426 e. The van der Waals surface area contributed by atoms with Gasteiger partial charge < -0.3 is 10.4 Å². The average molecular weight is 502 g/mol. The zero-order chi connectivity index (χ0) is 21.3. The third kappa shape index (κ3) is 4.96. The first-order valence-electron chi connectivity index (χ1n) is 7.42. The van der Waals surface area contributed by atoms with Crippen LogP contribution >= 0.6 is 27.5 Å². The average Bonchev–Trinajstić information content (AvgIpc) is 2.55. The van der Waals surface area contributed by atoms with E-state index in [1.807, 2.05) is 5.32 Å². The lowest BCUT2D eigenvalue weighted by Gasteiger charge is -2.25. The molecular formula is C16H13BrClF3N2O4S. The molecule has 2 rings (SSSR count). The summed E-state index contributed by atoms with van der Waals surface area (Å²) in [5.74, 6) is -1.76. The molecule has 0 saturated heterocycles. The van der Waals surface area contributed by atoms with Gasteiger partial charge in [0.1, 0.15) is 0 Å². The molecule has 0 spiro atoms. The Labute approximate surface area is 171 Å². The molecule has 0 aliphatic rings. The number of sulfonamides is 1. The first kappa shape index (κ1) is 22.5. The molecule has 152 valence electrons. The fourth-order valence-electron chi connectivity index (χ4n) is 1.90. The normalized spacial score (nSPS) is 14.2. The van der Waals surface area contributed by atoms with E-state index in [-0.39, 0.29) is 28.2 Å². The lowest BCUT2D eigenvalue weighted by molar-refractivity contribution is -0.242. The second-order valence-corrected chi connectivity index (χ2v) is 8.79. The van der Waals surface area contributed by atoms with Gasteiger partial charge in [-0.15, -0.1) is 0 Å². The van der Waals surface area contributed by atoms with Crippen molar-refractivity contribution < 1.29 is 31.5 Å². The van der Waals surface area contributed by atoms with Crippen molar-refractivity contribution in [2.75, 3.05) is 10.0 Å². The molecule has 1 unspecified atom stereocenters. The van der Waals surface area contributed by atoms with Gasteiger partial charge in [-0.25, -0.2) is 8.42 Å². The van der Waals surface area contributed by atoms with Crippen LogP contribution in [-0.2, 0) is 14.8 Å². The van der Waals surface area contributed by atoms with E-state index in [2.05, 4.69) is 20.7 Å². The lowest BCUT2D eigenvalue weighted by Crippen LogP contribution is -2.52. The third-order valence-corrected chi connectivity index (χ3v) is 5.75. The Morgan fingerprint density at radius 2 is 1.82 bits per heavy atom. The van der Waals surface area contributed by atoms with Gasteiger partial charge in [0.2, 0.25) is 5.60 Å². The molecule has 0 radical (unpaired) electrons. The minimum Gasteiger partial charge on any atom is -0.373 e. The van der Waals surface area contributed by atoms with Crippen LogP contribution in [0.4, 0.5) is 24.5 Å². The highest BCUT2D eigenvalue weighted by atomic mass is 79.9. The van der Waals surface area contributed by atoms with Crippen molar-refractivity contribution in [1.29, 1.82) is 0 Å². The van der Waals surface area contributed by atoms with Crippen molar-refractivity contribution >= 4 is 54.8 Å². The maximum Gasteiger partial charge on any atom is 0.426 e. The van der Waals surface area contributed by atoms with Crippen LogP contribution in [0.15, 0.2) is 51.8 Å². The quantitative estimate of drug-likeness (QED) is 0.573. The van der Waals surface area contributed by atoms with Gasteiger partial charge in [-0.05, 0) is 43.3 Å². The summed E-state index contributed by atoms with van der Waals surface area (Å²) in [6.07, 6.45) is -5.21. The summed E-state index contributed by atoms with van der Waals surface area (Å²) < 4.78 is 65.9. The SMILES string of the molecule is CC(O)(C(=O)Nc1ccc(S(=O)(=O)Nc2cccc(Br)c2)cc1Cl)C(F)(F)F. The molecule has 1 amide bonds. The van der Waals surface area contributed by atoms with Crippen molar-refractivity contribution in [3.63, 3.8) is 0 Å². The maximum absolute atomic E-state index is 12.7. The highest BCUT2D eigenvalue weighted by molar-refractivity contribution is 9.10. The monoisotopic (exact) mass is 500 g/mol. The van der Waals surface area contributed by atoms with Crippen molar-refractivity contribution in [3.05, 3.63) is 52.0 Å². The van der Waals surface area contributed by atoms with Crippen LogP contribution in [-0.4, -0.2) is 31.2 Å². The van der Waals surface area contributed by atoms with Crippen LogP contribution in [0.25, 0.3) is 0 Å². The van der Waals surface area contributed by atoms with Crippen molar-refractivity contribution in [2.45, 2.75) is 23.6 Å². The molecule has 0 aliphatic heterocycles. The summed E-state index contributed by atoms with van der Waals surface area (Å²) in [6.45, 7) is 0.289.